The van der Waals surface area contributed by atoms with E-state index in [-0.39, 0.29) is 23.9 Å². The van der Waals surface area contributed by atoms with E-state index in [2.05, 4.69) is 10.6 Å². The Hall–Kier alpha value is -1.86. The van der Waals surface area contributed by atoms with E-state index in [1.165, 1.54) is 0 Å². The van der Waals surface area contributed by atoms with Gasteiger partial charge >= 0.3 is 0 Å². The Labute approximate surface area is 219 Å². The van der Waals surface area contributed by atoms with E-state index in [0.29, 0.717) is 31.6 Å². The summed E-state index contributed by atoms with van der Waals surface area (Å²) in [6.45, 7) is 3.28. The molecule has 0 spiro atoms. The van der Waals surface area contributed by atoms with Crippen LogP contribution in [0.4, 0.5) is 0 Å². The molecule has 2 amide bonds. The summed E-state index contributed by atoms with van der Waals surface area (Å²) in [7, 11) is 0. The molecule has 0 aromatic heterocycles. The first-order valence-electron chi connectivity index (χ1n) is 11.0. The first-order chi connectivity index (χ1) is 16.1. The van der Waals surface area contributed by atoms with Gasteiger partial charge in [0.15, 0.2) is 12.2 Å². The summed E-state index contributed by atoms with van der Waals surface area (Å²) in [6, 6.07) is 9.15. The number of carbonyl (C=O) groups excluding carboxylic acids is 2. The summed E-state index contributed by atoms with van der Waals surface area (Å²) < 4.78 is 11.4. The average molecular weight is 548 g/mol. The third kappa shape index (κ3) is 7.32. The molecule has 0 bridgehead atoms. The van der Waals surface area contributed by atoms with Crippen molar-refractivity contribution in [2.45, 2.75) is 63.8 Å². The van der Waals surface area contributed by atoms with Crippen molar-refractivity contribution in [2.24, 2.45) is 0 Å². The zero-order valence-corrected chi connectivity index (χ0v) is 21.8. The number of hydrogen-bond acceptors (Lipinski definition) is 4. The van der Waals surface area contributed by atoms with Crippen LogP contribution in [0.3, 0.4) is 0 Å². The first-order valence-corrected chi connectivity index (χ1v) is 12.5. The average Bonchev–Trinajstić information content (AvgIpc) is 2.78. The maximum Gasteiger partial charge on any atom is 0.261 e. The van der Waals surface area contributed by atoms with Crippen molar-refractivity contribution in [3.8, 4) is 11.5 Å². The normalized spacial score (nSPS) is 19.6. The topological polar surface area (TPSA) is 76.7 Å². The molecule has 34 heavy (non-hydrogen) atoms. The fourth-order valence-corrected chi connectivity index (χ4v) is 4.61. The maximum absolute atomic E-state index is 12.8. The molecule has 2 aromatic rings. The fourth-order valence-electron chi connectivity index (χ4n) is 3.71. The number of nitrogens with one attached hydrogen (secondary N) is 2. The molecule has 6 nitrogen and oxygen atoms in total. The van der Waals surface area contributed by atoms with Gasteiger partial charge in [-0.2, -0.15) is 0 Å². The molecule has 0 radical (unpaired) electrons. The van der Waals surface area contributed by atoms with Crippen LogP contribution in [0.15, 0.2) is 36.4 Å². The molecule has 3 rings (SSSR count). The van der Waals surface area contributed by atoms with Crippen molar-refractivity contribution in [1.82, 2.24) is 10.6 Å². The monoisotopic (exact) mass is 546 g/mol. The smallest absolute Gasteiger partial charge is 0.261 e. The van der Waals surface area contributed by atoms with Crippen molar-refractivity contribution < 1.29 is 19.1 Å². The van der Waals surface area contributed by atoms with Gasteiger partial charge in [-0.05, 0) is 63.1 Å². The molecule has 1 aliphatic carbocycles. The minimum absolute atomic E-state index is 0.233. The molecule has 0 heterocycles. The van der Waals surface area contributed by atoms with Crippen LogP contribution in [0.5, 0.6) is 11.5 Å². The van der Waals surface area contributed by atoms with E-state index in [9.17, 15) is 9.59 Å². The van der Waals surface area contributed by atoms with Gasteiger partial charge in [0, 0.05) is 22.1 Å². The van der Waals surface area contributed by atoms with Crippen molar-refractivity contribution in [3.05, 3.63) is 56.5 Å². The molecule has 1 fully saturated rings. The van der Waals surface area contributed by atoms with Gasteiger partial charge < -0.3 is 20.1 Å². The van der Waals surface area contributed by atoms with Crippen LogP contribution < -0.4 is 20.1 Å². The van der Waals surface area contributed by atoms with E-state index in [1.807, 2.05) is 0 Å². The highest BCUT2D eigenvalue weighted by molar-refractivity contribution is 6.36. The van der Waals surface area contributed by atoms with Crippen molar-refractivity contribution >= 4 is 58.2 Å². The van der Waals surface area contributed by atoms with Crippen molar-refractivity contribution in [1.29, 1.82) is 0 Å². The first kappa shape index (κ1) is 26.7. The lowest BCUT2D eigenvalue weighted by atomic mass is 9.90. The molecule has 0 saturated heterocycles. The molecular weight excluding hydrogens is 522 g/mol. The van der Waals surface area contributed by atoms with E-state index in [1.54, 1.807) is 50.2 Å². The summed E-state index contributed by atoms with van der Waals surface area (Å²) in [5.74, 6) is 0.145. The van der Waals surface area contributed by atoms with Gasteiger partial charge in [-0.1, -0.05) is 59.2 Å². The number of amides is 2. The fraction of sp³-hybridized carbons (Fsp3) is 0.417. The number of carbonyl (C=O) groups is 2. The Morgan fingerprint density at radius 3 is 1.50 bits per heavy atom. The summed E-state index contributed by atoms with van der Waals surface area (Å²) in [5, 5.41) is 7.61. The second-order valence-electron chi connectivity index (χ2n) is 8.18. The molecule has 4 unspecified atom stereocenters. The van der Waals surface area contributed by atoms with Crippen LogP contribution in [-0.4, -0.2) is 36.1 Å². The largest absolute Gasteiger partial charge is 0.479 e. The lowest BCUT2D eigenvalue weighted by molar-refractivity contribution is -0.131. The number of benzene rings is 2. The summed E-state index contributed by atoms with van der Waals surface area (Å²) >= 11 is 24.1. The van der Waals surface area contributed by atoms with Crippen molar-refractivity contribution in [3.63, 3.8) is 0 Å². The lowest BCUT2D eigenvalue weighted by Crippen LogP contribution is -2.56. The number of ether oxygens (including phenoxy) is 2. The van der Waals surface area contributed by atoms with E-state index < -0.39 is 12.2 Å². The van der Waals surface area contributed by atoms with Gasteiger partial charge in [-0.3, -0.25) is 9.59 Å². The van der Waals surface area contributed by atoms with Crippen LogP contribution in [0.2, 0.25) is 20.1 Å². The summed E-state index contributed by atoms with van der Waals surface area (Å²) in [4.78, 5) is 25.6. The SMILES string of the molecule is CC(Oc1ccc(Cl)cc1Cl)C(=O)NC1CCCCC1NC(=O)C(C)Oc1ccc(Cl)cc1Cl. The predicted molar refractivity (Wildman–Crippen MR) is 135 cm³/mol. The van der Waals surface area contributed by atoms with Crippen LogP contribution >= 0.6 is 46.4 Å². The summed E-state index contributed by atoms with van der Waals surface area (Å²) in [6.07, 6.45) is 1.80. The van der Waals surface area contributed by atoms with E-state index in [0.717, 1.165) is 25.7 Å². The summed E-state index contributed by atoms with van der Waals surface area (Å²) in [5.41, 5.74) is 0. The molecule has 1 aliphatic rings. The second-order valence-corrected chi connectivity index (χ2v) is 9.87. The number of hydrogen-bond donors (Lipinski definition) is 2. The minimum atomic E-state index is -0.786. The van der Waals surface area contributed by atoms with Gasteiger partial charge in [0.05, 0.1) is 10.0 Å². The third-order valence-corrected chi connectivity index (χ3v) is 6.62. The standard InChI is InChI=1S/C24H26Cl4N2O4/c1-13(33-21-9-7-15(25)11-17(21)27)23(31)29-19-5-3-4-6-20(19)30-24(32)14(2)34-22-10-8-16(26)12-18(22)28/h7-14,19-20H,3-6H2,1-2H3,(H,29,31)(H,30,32). The van der Waals surface area contributed by atoms with Crippen molar-refractivity contribution in [2.75, 3.05) is 0 Å². The Morgan fingerprint density at radius 1 is 0.765 bits per heavy atom. The molecule has 184 valence electrons. The van der Waals surface area contributed by atoms with Gasteiger partial charge in [0.25, 0.3) is 11.8 Å². The van der Waals surface area contributed by atoms with Crippen LogP contribution in [0.1, 0.15) is 39.5 Å². The van der Waals surface area contributed by atoms with Crippen LogP contribution in [0, 0.1) is 0 Å². The van der Waals surface area contributed by atoms with E-state index >= 15 is 0 Å². The highest BCUT2D eigenvalue weighted by Gasteiger charge is 2.31. The number of halogens is 4. The molecule has 4 atom stereocenters. The highest BCUT2D eigenvalue weighted by atomic mass is 35.5. The molecule has 0 aliphatic heterocycles. The number of rotatable bonds is 8. The van der Waals surface area contributed by atoms with Crippen LogP contribution in [-0.2, 0) is 9.59 Å². The van der Waals surface area contributed by atoms with E-state index in [4.69, 9.17) is 55.9 Å². The highest BCUT2D eigenvalue weighted by Crippen LogP contribution is 2.29. The van der Waals surface area contributed by atoms with Gasteiger partial charge in [0.2, 0.25) is 0 Å². The maximum atomic E-state index is 12.8. The van der Waals surface area contributed by atoms with Crippen LogP contribution in [0.25, 0.3) is 0 Å². The third-order valence-electron chi connectivity index (χ3n) is 5.56. The molecular formula is C24H26Cl4N2O4. The second kappa shape index (κ2) is 12.2. The molecule has 2 aromatic carbocycles. The molecule has 1 saturated carbocycles. The Bertz CT molecular complexity index is 955. The lowest BCUT2D eigenvalue weighted by Gasteiger charge is -2.34. The van der Waals surface area contributed by atoms with Gasteiger partial charge in [-0.25, -0.2) is 0 Å². The zero-order chi connectivity index (χ0) is 24.8. The zero-order valence-electron chi connectivity index (χ0n) is 18.7. The Kier molecular flexibility index (Phi) is 9.60. The van der Waals surface area contributed by atoms with Gasteiger partial charge in [0.1, 0.15) is 11.5 Å². The minimum Gasteiger partial charge on any atom is -0.479 e. The Morgan fingerprint density at radius 2 is 1.15 bits per heavy atom. The molecule has 2 N–H and O–H groups in total. The predicted octanol–water partition coefficient (Wildman–Crippen LogP) is 6.08. The Balaban J connectivity index is 1.57. The quantitative estimate of drug-likeness (QED) is 0.420. The molecule has 10 heteroatoms. The van der Waals surface area contributed by atoms with Gasteiger partial charge in [-0.15, -0.1) is 0 Å².